The summed E-state index contributed by atoms with van der Waals surface area (Å²) >= 11 is 0. The lowest BCUT2D eigenvalue weighted by molar-refractivity contribution is 0.326. The highest BCUT2D eigenvalue weighted by atomic mass is 16.5. The first kappa shape index (κ1) is 13.9. The van der Waals surface area contributed by atoms with E-state index in [1.165, 1.54) is 27.8 Å². The summed E-state index contributed by atoms with van der Waals surface area (Å²) in [5, 5.41) is 3.38. The van der Waals surface area contributed by atoms with Crippen molar-refractivity contribution in [1.82, 2.24) is 5.32 Å². The smallest absolute Gasteiger partial charge is 0.123 e. The van der Waals surface area contributed by atoms with E-state index in [-0.39, 0.29) is 0 Å². The zero-order valence-corrected chi connectivity index (χ0v) is 12.6. The van der Waals surface area contributed by atoms with E-state index in [0.717, 1.165) is 25.4 Å². The van der Waals surface area contributed by atoms with Crippen LogP contribution in [0.5, 0.6) is 5.75 Å². The lowest BCUT2D eigenvalue weighted by Gasteiger charge is -2.10. The maximum absolute atomic E-state index is 5.73. The lowest BCUT2D eigenvalue weighted by atomic mass is 9.99. The molecule has 0 saturated heterocycles. The van der Waals surface area contributed by atoms with E-state index in [2.05, 4.69) is 67.7 Å². The van der Waals surface area contributed by atoms with Crippen LogP contribution in [-0.2, 0) is 6.54 Å². The van der Waals surface area contributed by atoms with Crippen LogP contribution < -0.4 is 10.1 Å². The van der Waals surface area contributed by atoms with Gasteiger partial charge in [-0.3, -0.25) is 0 Å². The first-order valence-corrected chi connectivity index (χ1v) is 7.48. The summed E-state index contributed by atoms with van der Waals surface area (Å²) in [5.41, 5.74) is 6.31. The molecule has 1 aliphatic heterocycles. The summed E-state index contributed by atoms with van der Waals surface area (Å²) in [7, 11) is 0. The van der Waals surface area contributed by atoms with Gasteiger partial charge in [0.1, 0.15) is 12.4 Å². The predicted molar refractivity (Wildman–Crippen MR) is 88.4 cm³/mol. The summed E-state index contributed by atoms with van der Waals surface area (Å²) < 4.78 is 5.73. The fourth-order valence-corrected chi connectivity index (χ4v) is 2.59. The van der Waals surface area contributed by atoms with Crippen molar-refractivity contribution in [3.63, 3.8) is 0 Å². The number of fused-ring (bicyclic) bond motifs is 1. The van der Waals surface area contributed by atoms with E-state index in [1.54, 1.807) is 0 Å². The second-order valence-electron chi connectivity index (χ2n) is 5.40. The van der Waals surface area contributed by atoms with Gasteiger partial charge in [0.15, 0.2) is 0 Å². The van der Waals surface area contributed by atoms with Crippen LogP contribution in [0.1, 0.15) is 25.0 Å². The molecule has 0 radical (unpaired) electrons. The van der Waals surface area contributed by atoms with Gasteiger partial charge in [0.25, 0.3) is 0 Å². The molecule has 1 heterocycles. The quantitative estimate of drug-likeness (QED) is 0.887. The van der Waals surface area contributed by atoms with Gasteiger partial charge < -0.3 is 10.1 Å². The van der Waals surface area contributed by atoms with Gasteiger partial charge in [-0.15, -0.1) is 0 Å². The van der Waals surface area contributed by atoms with Crippen LogP contribution in [0.15, 0.2) is 48.5 Å². The van der Waals surface area contributed by atoms with E-state index in [0.29, 0.717) is 0 Å². The molecule has 1 N–H and O–H groups in total. The van der Waals surface area contributed by atoms with Gasteiger partial charge in [-0.1, -0.05) is 36.4 Å². The third-order valence-electron chi connectivity index (χ3n) is 4.02. The van der Waals surface area contributed by atoms with Crippen LogP contribution in [0.4, 0.5) is 0 Å². The monoisotopic (exact) mass is 279 g/mol. The highest BCUT2D eigenvalue weighted by molar-refractivity contribution is 5.70. The van der Waals surface area contributed by atoms with Crippen LogP contribution in [0.3, 0.4) is 0 Å². The van der Waals surface area contributed by atoms with Gasteiger partial charge in [0.05, 0.1) is 0 Å². The highest BCUT2D eigenvalue weighted by Crippen LogP contribution is 2.28. The zero-order valence-electron chi connectivity index (χ0n) is 12.6. The third-order valence-corrected chi connectivity index (χ3v) is 4.02. The fourth-order valence-electron chi connectivity index (χ4n) is 2.59. The summed E-state index contributed by atoms with van der Waals surface area (Å²) in [4.78, 5) is 0. The van der Waals surface area contributed by atoms with Crippen LogP contribution in [0.2, 0.25) is 0 Å². The molecule has 0 aromatic heterocycles. The molecule has 0 unspecified atom stereocenters. The molecule has 0 spiro atoms. The first-order valence-electron chi connectivity index (χ1n) is 7.48. The summed E-state index contributed by atoms with van der Waals surface area (Å²) in [6.45, 7) is 6.73. The van der Waals surface area contributed by atoms with Gasteiger partial charge in [0.2, 0.25) is 0 Å². The van der Waals surface area contributed by atoms with E-state index < -0.39 is 0 Å². The van der Waals surface area contributed by atoms with Gasteiger partial charge in [-0.05, 0) is 48.2 Å². The largest absolute Gasteiger partial charge is 0.492 e. The number of hydrogen-bond acceptors (Lipinski definition) is 2. The third kappa shape index (κ3) is 3.01. The minimum absolute atomic E-state index is 0.740. The molecular formula is C19H21NO. The second kappa shape index (κ2) is 6.15. The molecule has 0 saturated carbocycles. The van der Waals surface area contributed by atoms with Crippen molar-refractivity contribution in [2.45, 2.75) is 20.4 Å². The standard InChI is InChI=1S/C19H21NO/c1-3-14(2)15-4-6-16(7-5-15)17-8-9-19-18(12-17)13-20-10-11-21-19/h3-9,12,20H,10-11,13H2,1-2H3. The number of benzene rings is 2. The Kier molecular flexibility index (Phi) is 4.07. The molecule has 21 heavy (non-hydrogen) atoms. The molecule has 0 bridgehead atoms. The van der Waals surface area contributed by atoms with E-state index in [4.69, 9.17) is 4.74 Å². The minimum Gasteiger partial charge on any atom is -0.492 e. The van der Waals surface area contributed by atoms with E-state index in [1.807, 2.05) is 0 Å². The zero-order chi connectivity index (χ0) is 14.7. The fraction of sp³-hybridized carbons (Fsp3) is 0.263. The van der Waals surface area contributed by atoms with Crippen LogP contribution in [0.25, 0.3) is 16.7 Å². The summed E-state index contributed by atoms with van der Waals surface area (Å²) in [5.74, 6) is 1.00. The highest BCUT2D eigenvalue weighted by Gasteiger charge is 2.09. The molecular weight excluding hydrogens is 258 g/mol. The molecule has 2 aromatic rings. The SMILES string of the molecule is CC=C(C)c1ccc(-c2ccc3c(c2)CNCCO3)cc1. The average Bonchev–Trinajstić information content (AvgIpc) is 2.79. The maximum atomic E-state index is 5.73. The van der Waals surface area contributed by atoms with Crippen molar-refractivity contribution in [1.29, 1.82) is 0 Å². The topological polar surface area (TPSA) is 21.3 Å². The molecule has 0 atom stereocenters. The molecule has 3 rings (SSSR count). The molecule has 2 aromatic carbocycles. The Morgan fingerprint density at radius 1 is 1.10 bits per heavy atom. The Labute approximate surface area is 126 Å². The van der Waals surface area contributed by atoms with Crippen LogP contribution >= 0.6 is 0 Å². The predicted octanol–water partition coefficient (Wildman–Crippen LogP) is 4.26. The van der Waals surface area contributed by atoms with Crippen molar-refractivity contribution in [2.75, 3.05) is 13.2 Å². The first-order chi connectivity index (χ1) is 10.3. The van der Waals surface area contributed by atoms with E-state index >= 15 is 0 Å². The molecule has 0 amide bonds. The Morgan fingerprint density at radius 2 is 1.86 bits per heavy atom. The Morgan fingerprint density at radius 3 is 2.62 bits per heavy atom. The molecule has 108 valence electrons. The molecule has 0 fully saturated rings. The van der Waals surface area contributed by atoms with E-state index in [9.17, 15) is 0 Å². The van der Waals surface area contributed by atoms with Gasteiger partial charge >= 0.3 is 0 Å². The van der Waals surface area contributed by atoms with Gasteiger partial charge in [0, 0.05) is 18.7 Å². The van der Waals surface area contributed by atoms with Crippen LogP contribution in [-0.4, -0.2) is 13.2 Å². The Bertz CT molecular complexity index is 656. The minimum atomic E-state index is 0.740. The molecule has 2 nitrogen and oxygen atoms in total. The van der Waals surface area contributed by atoms with Crippen molar-refractivity contribution >= 4 is 5.57 Å². The summed E-state index contributed by atoms with van der Waals surface area (Å²) in [6, 6.07) is 15.2. The maximum Gasteiger partial charge on any atom is 0.123 e. The van der Waals surface area contributed by atoms with Gasteiger partial charge in [-0.2, -0.15) is 0 Å². The molecule has 1 aliphatic rings. The van der Waals surface area contributed by atoms with Crippen molar-refractivity contribution in [2.24, 2.45) is 0 Å². The summed E-state index contributed by atoms with van der Waals surface area (Å²) in [6.07, 6.45) is 2.14. The normalized spacial score (nSPS) is 15.0. The van der Waals surface area contributed by atoms with Crippen molar-refractivity contribution in [3.8, 4) is 16.9 Å². The number of rotatable bonds is 2. The molecule has 2 heteroatoms. The van der Waals surface area contributed by atoms with Crippen molar-refractivity contribution in [3.05, 3.63) is 59.7 Å². The van der Waals surface area contributed by atoms with Crippen molar-refractivity contribution < 1.29 is 4.74 Å². The second-order valence-corrected chi connectivity index (χ2v) is 5.40. The average molecular weight is 279 g/mol. The number of ether oxygens (including phenoxy) is 1. The number of nitrogens with one attached hydrogen (secondary N) is 1. The van der Waals surface area contributed by atoms with Gasteiger partial charge in [-0.25, -0.2) is 0 Å². The Hall–Kier alpha value is -2.06. The molecule has 0 aliphatic carbocycles. The Balaban J connectivity index is 1.92. The lowest BCUT2D eigenvalue weighted by Crippen LogP contribution is -2.16. The number of hydrogen-bond donors (Lipinski definition) is 1. The van der Waals surface area contributed by atoms with Crippen LogP contribution in [0, 0.1) is 0 Å². The number of allylic oxidation sites excluding steroid dienone is 2.